The van der Waals surface area contributed by atoms with Crippen LogP contribution in [0.5, 0.6) is 0 Å². The summed E-state index contributed by atoms with van der Waals surface area (Å²) in [5.41, 5.74) is 2.98. The molecule has 0 unspecified atom stereocenters. The van der Waals surface area contributed by atoms with Crippen molar-refractivity contribution in [3.8, 4) is 0 Å². The van der Waals surface area contributed by atoms with Crippen LogP contribution in [-0.2, 0) is 4.79 Å². The number of piperazine rings is 1. The SMILES string of the molecule is CC(=O)c1ccc(N2CCN(CC(=O)N[C@@H](C)c3ccccc3)CC2)cc1. The molecule has 1 saturated heterocycles. The fraction of sp³-hybridized carbons (Fsp3) is 0.364. The van der Waals surface area contributed by atoms with Crippen LogP contribution in [0.3, 0.4) is 0 Å². The van der Waals surface area contributed by atoms with E-state index in [0.717, 1.165) is 43.0 Å². The van der Waals surface area contributed by atoms with Crippen molar-refractivity contribution in [3.63, 3.8) is 0 Å². The maximum atomic E-state index is 12.3. The van der Waals surface area contributed by atoms with Gasteiger partial charge in [-0.2, -0.15) is 0 Å². The van der Waals surface area contributed by atoms with Crippen LogP contribution in [0.2, 0.25) is 0 Å². The molecule has 1 N–H and O–H groups in total. The Hall–Kier alpha value is -2.66. The summed E-state index contributed by atoms with van der Waals surface area (Å²) in [4.78, 5) is 28.2. The molecule has 5 nitrogen and oxygen atoms in total. The number of hydrogen-bond donors (Lipinski definition) is 1. The monoisotopic (exact) mass is 365 g/mol. The molecule has 1 amide bonds. The van der Waals surface area contributed by atoms with Gasteiger partial charge in [0.1, 0.15) is 0 Å². The molecule has 0 bridgehead atoms. The van der Waals surface area contributed by atoms with Gasteiger partial charge in [0.15, 0.2) is 5.78 Å². The van der Waals surface area contributed by atoms with E-state index in [1.165, 1.54) is 0 Å². The van der Waals surface area contributed by atoms with E-state index in [4.69, 9.17) is 0 Å². The van der Waals surface area contributed by atoms with Crippen LogP contribution < -0.4 is 10.2 Å². The number of amides is 1. The highest BCUT2D eigenvalue weighted by Gasteiger charge is 2.20. The van der Waals surface area contributed by atoms with Gasteiger partial charge in [-0.3, -0.25) is 14.5 Å². The average molecular weight is 365 g/mol. The van der Waals surface area contributed by atoms with Crippen molar-refractivity contribution in [2.24, 2.45) is 0 Å². The number of carbonyl (C=O) groups excluding carboxylic acids is 2. The number of nitrogens with zero attached hydrogens (tertiary/aromatic N) is 2. The lowest BCUT2D eigenvalue weighted by Gasteiger charge is -2.36. The van der Waals surface area contributed by atoms with Gasteiger partial charge in [0.25, 0.3) is 0 Å². The van der Waals surface area contributed by atoms with E-state index >= 15 is 0 Å². The minimum absolute atomic E-state index is 0.0137. The third-order valence-corrected chi connectivity index (χ3v) is 5.06. The van der Waals surface area contributed by atoms with E-state index in [2.05, 4.69) is 15.1 Å². The second kappa shape index (κ2) is 8.82. The van der Waals surface area contributed by atoms with Crippen molar-refractivity contribution < 1.29 is 9.59 Å². The van der Waals surface area contributed by atoms with Crippen LogP contribution in [0.25, 0.3) is 0 Å². The minimum atomic E-state index is 0.0137. The van der Waals surface area contributed by atoms with Gasteiger partial charge in [0.05, 0.1) is 12.6 Å². The molecule has 0 spiro atoms. The standard InChI is InChI=1S/C22H27N3O2/c1-17(19-6-4-3-5-7-19)23-22(27)16-24-12-14-25(15-13-24)21-10-8-20(9-11-21)18(2)26/h3-11,17H,12-16H2,1-2H3,(H,23,27)/t17-/m0/s1. The lowest BCUT2D eigenvalue weighted by atomic mass is 10.1. The Morgan fingerprint density at radius 2 is 1.59 bits per heavy atom. The molecule has 2 aromatic carbocycles. The Kier molecular flexibility index (Phi) is 6.24. The predicted octanol–water partition coefficient (Wildman–Crippen LogP) is 2.89. The first kappa shape index (κ1) is 19.1. The molecule has 27 heavy (non-hydrogen) atoms. The summed E-state index contributed by atoms with van der Waals surface area (Å²) in [5.74, 6) is 0.146. The van der Waals surface area contributed by atoms with Gasteiger partial charge in [-0.1, -0.05) is 30.3 Å². The summed E-state index contributed by atoms with van der Waals surface area (Å²) in [6.45, 7) is 7.46. The van der Waals surface area contributed by atoms with Crippen molar-refractivity contribution in [2.45, 2.75) is 19.9 Å². The van der Waals surface area contributed by atoms with Crippen LogP contribution in [0.15, 0.2) is 54.6 Å². The van der Waals surface area contributed by atoms with Crippen LogP contribution in [-0.4, -0.2) is 49.3 Å². The molecule has 0 radical (unpaired) electrons. The largest absolute Gasteiger partial charge is 0.369 e. The van der Waals surface area contributed by atoms with Crippen LogP contribution in [0, 0.1) is 0 Å². The Morgan fingerprint density at radius 1 is 0.963 bits per heavy atom. The van der Waals surface area contributed by atoms with Gasteiger partial charge in [0.2, 0.25) is 5.91 Å². The van der Waals surface area contributed by atoms with Crippen LogP contribution in [0.4, 0.5) is 5.69 Å². The number of benzene rings is 2. The molecule has 3 rings (SSSR count). The number of rotatable bonds is 6. The molecule has 0 aliphatic carbocycles. The van der Waals surface area contributed by atoms with E-state index in [0.29, 0.717) is 6.54 Å². The molecule has 1 aliphatic heterocycles. The van der Waals surface area contributed by atoms with Crippen molar-refractivity contribution in [1.29, 1.82) is 0 Å². The molecule has 142 valence electrons. The van der Waals surface area contributed by atoms with E-state index < -0.39 is 0 Å². The first-order valence-corrected chi connectivity index (χ1v) is 9.45. The number of anilines is 1. The molecule has 1 aliphatic rings. The van der Waals surface area contributed by atoms with E-state index in [9.17, 15) is 9.59 Å². The summed E-state index contributed by atoms with van der Waals surface area (Å²) in [6, 6.07) is 17.8. The summed E-state index contributed by atoms with van der Waals surface area (Å²) < 4.78 is 0. The van der Waals surface area contributed by atoms with Crippen molar-refractivity contribution in [3.05, 3.63) is 65.7 Å². The van der Waals surface area contributed by atoms with Gasteiger partial charge in [-0.25, -0.2) is 0 Å². The molecule has 0 saturated carbocycles. The topological polar surface area (TPSA) is 52.7 Å². The Balaban J connectivity index is 1.46. The van der Waals surface area contributed by atoms with Crippen molar-refractivity contribution in [2.75, 3.05) is 37.6 Å². The van der Waals surface area contributed by atoms with E-state index in [1.807, 2.05) is 61.5 Å². The van der Waals surface area contributed by atoms with Crippen molar-refractivity contribution in [1.82, 2.24) is 10.2 Å². The normalized spacial score (nSPS) is 16.0. The summed E-state index contributed by atoms with van der Waals surface area (Å²) in [6.07, 6.45) is 0. The second-order valence-electron chi connectivity index (χ2n) is 7.07. The molecule has 5 heteroatoms. The summed E-state index contributed by atoms with van der Waals surface area (Å²) >= 11 is 0. The van der Waals surface area contributed by atoms with Gasteiger partial charge < -0.3 is 10.2 Å². The number of hydrogen-bond acceptors (Lipinski definition) is 4. The van der Waals surface area contributed by atoms with Crippen LogP contribution >= 0.6 is 0 Å². The first-order chi connectivity index (χ1) is 13.0. The lowest BCUT2D eigenvalue weighted by molar-refractivity contribution is -0.123. The minimum Gasteiger partial charge on any atom is -0.369 e. The fourth-order valence-corrected chi connectivity index (χ4v) is 3.39. The fourth-order valence-electron chi connectivity index (χ4n) is 3.39. The number of Topliss-reactive ketones (excluding diaryl/α,β-unsaturated/α-hetero) is 1. The zero-order chi connectivity index (χ0) is 19.2. The molecule has 1 atom stereocenters. The van der Waals surface area contributed by atoms with Crippen LogP contribution in [0.1, 0.15) is 35.8 Å². The first-order valence-electron chi connectivity index (χ1n) is 9.45. The third-order valence-electron chi connectivity index (χ3n) is 5.06. The highest BCUT2D eigenvalue weighted by molar-refractivity contribution is 5.94. The smallest absolute Gasteiger partial charge is 0.234 e. The quantitative estimate of drug-likeness (QED) is 0.800. The molecule has 1 heterocycles. The third kappa shape index (κ3) is 5.17. The number of carbonyl (C=O) groups is 2. The lowest BCUT2D eigenvalue weighted by Crippen LogP contribution is -2.49. The Labute approximate surface area is 161 Å². The van der Waals surface area contributed by atoms with Gasteiger partial charge in [0, 0.05) is 37.4 Å². The maximum absolute atomic E-state index is 12.3. The molecule has 0 aromatic heterocycles. The zero-order valence-corrected chi connectivity index (χ0v) is 16.0. The molecule has 1 fully saturated rings. The Bertz CT molecular complexity index is 766. The summed E-state index contributed by atoms with van der Waals surface area (Å²) in [5, 5.41) is 3.08. The number of nitrogens with one attached hydrogen (secondary N) is 1. The van der Waals surface area contributed by atoms with E-state index in [1.54, 1.807) is 6.92 Å². The molecular formula is C22H27N3O2. The highest BCUT2D eigenvalue weighted by Crippen LogP contribution is 2.18. The Morgan fingerprint density at radius 3 is 2.19 bits per heavy atom. The molecule has 2 aromatic rings. The van der Waals surface area contributed by atoms with Gasteiger partial charge >= 0.3 is 0 Å². The molecular weight excluding hydrogens is 338 g/mol. The zero-order valence-electron chi connectivity index (χ0n) is 16.0. The van der Waals surface area contributed by atoms with E-state index in [-0.39, 0.29) is 17.7 Å². The second-order valence-corrected chi connectivity index (χ2v) is 7.07. The van der Waals surface area contributed by atoms with Gasteiger partial charge in [-0.15, -0.1) is 0 Å². The summed E-state index contributed by atoms with van der Waals surface area (Å²) in [7, 11) is 0. The van der Waals surface area contributed by atoms with Crippen molar-refractivity contribution >= 4 is 17.4 Å². The number of ketones is 1. The van der Waals surface area contributed by atoms with Gasteiger partial charge in [-0.05, 0) is 43.7 Å². The predicted molar refractivity (Wildman–Crippen MR) is 108 cm³/mol. The highest BCUT2D eigenvalue weighted by atomic mass is 16.2. The average Bonchev–Trinajstić information content (AvgIpc) is 2.69. The maximum Gasteiger partial charge on any atom is 0.234 e.